The van der Waals surface area contributed by atoms with Crippen LogP contribution in [0.5, 0.6) is 0 Å². The van der Waals surface area contributed by atoms with Crippen LogP contribution in [0.2, 0.25) is 0 Å². The summed E-state index contributed by atoms with van der Waals surface area (Å²) >= 11 is 3.17. The van der Waals surface area contributed by atoms with Gasteiger partial charge in [-0.3, -0.25) is 14.4 Å². The fraction of sp³-hybridized carbons (Fsp3) is 0.235. The number of pyridine rings is 1. The summed E-state index contributed by atoms with van der Waals surface area (Å²) < 4.78 is 39.1. The van der Waals surface area contributed by atoms with Crippen LogP contribution in [0.4, 0.5) is 24.5 Å². The number of rotatable bonds is 3. The number of hydrogen-bond donors (Lipinski definition) is 2. The van der Waals surface area contributed by atoms with E-state index in [0.717, 1.165) is 17.0 Å². The van der Waals surface area contributed by atoms with Crippen molar-refractivity contribution in [2.75, 3.05) is 16.8 Å². The molecular formula is C17H13BrF3N3O3. The van der Waals surface area contributed by atoms with Gasteiger partial charge in [0, 0.05) is 29.3 Å². The summed E-state index contributed by atoms with van der Waals surface area (Å²) in [6.45, 7) is -0.0715. The Hall–Kier alpha value is -2.62. The maximum absolute atomic E-state index is 12.9. The molecule has 6 nitrogen and oxygen atoms in total. The first-order valence-corrected chi connectivity index (χ1v) is 8.61. The van der Waals surface area contributed by atoms with Gasteiger partial charge in [-0.2, -0.15) is 13.2 Å². The molecule has 2 N–H and O–H groups in total. The van der Waals surface area contributed by atoms with Gasteiger partial charge in [0.15, 0.2) is 0 Å². The van der Waals surface area contributed by atoms with Gasteiger partial charge in [0.2, 0.25) is 11.8 Å². The number of H-pyrrole nitrogens is 1. The zero-order chi connectivity index (χ0) is 19.8. The number of amides is 2. The van der Waals surface area contributed by atoms with Crippen molar-refractivity contribution in [1.29, 1.82) is 0 Å². The van der Waals surface area contributed by atoms with Crippen LogP contribution in [0.3, 0.4) is 0 Å². The number of halogens is 4. The minimum Gasteiger partial charge on any atom is -0.326 e. The molecule has 0 aliphatic carbocycles. The van der Waals surface area contributed by atoms with Crippen molar-refractivity contribution >= 4 is 39.1 Å². The zero-order valence-electron chi connectivity index (χ0n) is 13.6. The van der Waals surface area contributed by atoms with Crippen LogP contribution >= 0.6 is 15.9 Å². The third-order valence-electron chi connectivity index (χ3n) is 4.11. The van der Waals surface area contributed by atoms with E-state index < -0.39 is 35.0 Å². The normalized spacial score (nSPS) is 17.3. The quantitative estimate of drug-likeness (QED) is 0.764. The smallest absolute Gasteiger partial charge is 0.326 e. The van der Waals surface area contributed by atoms with Gasteiger partial charge in [-0.15, -0.1) is 0 Å². The molecule has 27 heavy (non-hydrogen) atoms. The molecule has 0 bridgehead atoms. The highest BCUT2D eigenvalue weighted by molar-refractivity contribution is 9.10. The van der Waals surface area contributed by atoms with Gasteiger partial charge in [-0.05, 0) is 40.2 Å². The maximum atomic E-state index is 12.9. The van der Waals surface area contributed by atoms with Gasteiger partial charge in [0.05, 0.1) is 11.5 Å². The number of nitrogens with one attached hydrogen (secondary N) is 2. The number of aromatic nitrogens is 1. The molecule has 10 heteroatoms. The van der Waals surface area contributed by atoms with Crippen LogP contribution in [-0.4, -0.2) is 23.3 Å². The van der Waals surface area contributed by atoms with E-state index in [9.17, 15) is 27.6 Å². The monoisotopic (exact) mass is 443 g/mol. The van der Waals surface area contributed by atoms with Crippen molar-refractivity contribution in [1.82, 2.24) is 4.98 Å². The van der Waals surface area contributed by atoms with E-state index in [4.69, 9.17) is 0 Å². The number of anilines is 2. The molecule has 2 amide bonds. The standard InChI is InChI=1S/C17H13BrF3N3O3/c18-11-6-13(16(27)22-7-11)23-15(26)9-4-14(25)24(8-9)12-3-1-2-10(5-12)17(19,20)21/h1-3,5-7,9H,4,8H2,(H,22,27)(H,23,26). The van der Waals surface area contributed by atoms with Gasteiger partial charge in [0.25, 0.3) is 5.56 Å². The van der Waals surface area contributed by atoms with Crippen molar-refractivity contribution in [3.63, 3.8) is 0 Å². The Balaban J connectivity index is 1.76. The third kappa shape index (κ3) is 4.21. The highest BCUT2D eigenvalue weighted by Crippen LogP contribution is 2.33. The molecule has 142 valence electrons. The molecule has 2 heterocycles. The second-order valence-electron chi connectivity index (χ2n) is 6.00. The molecule has 1 aromatic carbocycles. The summed E-state index contributed by atoms with van der Waals surface area (Å²) in [7, 11) is 0. The van der Waals surface area contributed by atoms with Crippen LogP contribution in [0.15, 0.2) is 45.8 Å². The summed E-state index contributed by atoms with van der Waals surface area (Å²) in [5.74, 6) is -1.80. The summed E-state index contributed by atoms with van der Waals surface area (Å²) in [6.07, 6.45) is -3.28. The Morgan fingerprint density at radius 3 is 2.70 bits per heavy atom. The molecule has 1 fully saturated rings. The Kier molecular flexibility index (Phi) is 5.09. The Bertz CT molecular complexity index is 958. The van der Waals surface area contributed by atoms with Crippen molar-refractivity contribution in [3.8, 4) is 0 Å². The number of aromatic amines is 1. The lowest BCUT2D eigenvalue weighted by atomic mass is 10.1. The first-order chi connectivity index (χ1) is 12.6. The minimum atomic E-state index is -4.53. The highest BCUT2D eigenvalue weighted by atomic mass is 79.9. The van der Waals surface area contributed by atoms with Crippen LogP contribution in [0.1, 0.15) is 12.0 Å². The molecule has 3 rings (SSSR count). The van der Waals surface area contributed by atoms with Gasteiger partial charge in [-0.1, -0.05) is 6.07 Å². The Morgan fingerprint density at radius 2 is 2.00 bits per heavy atom. The van der Waals surface area contributed by atoms with E-state index in [1.54, 1.807) is 0 Å². The van der Waals surface area contributed by atoms with Crippen molar-refractivity contribution in [3.05, 3.63) is 56.9 Å². The van der Waals surface area contributed by atoms with Gasteiger partial charge < -0.3 is 15.2 Å². The molecule has 1 aromatic heterocycles. The minimum absolute atomic E-state index is 0.0133. The van der Waals surface area contributed by atoms with E-state index in [0.29, 0.717) is 4.47 Å². The molecule has 0 radical (unpaired) electrons. The molecule has 2 aromatic rings. The molecule has 1 unspecified atom stereocenters. The predicted molar refractivity (Wildman–Crippen MR) is 95.3 cm³/mol. The molecule has 0 saturated carbocycles. The second kappa shape index (κ2) is 7.18. The summed E-state index contributed by atoms with van der Waals surface area (Å²) in [4.78, 5) is 39.9. The third-order valence-corrected chi connectivity index (χ3v) is 4.56. The Morgan fingerprint density at radius 1 is 1.26 bits per heavy atom. The summed E-state index contributed by atoms with van der Waals surface area (Å²) in [5.41, 5.74) is -1.29. The first kappa shape index (κ1) is 19.2. The van der Waals surface area contributed by atoms with E-state index >= 15 is 0 Å². The van der Waals surface area contributed by atoms with Gasteiger partial charge >= 0.3 is 6.18 Å². The molecule has 1 saturated heterocycles. The first-order valence-electron chi connectivity index (χ1n) is 7.82. The SMILES string of the molecule is O=C(Nc1cc(Br)c[nH]c1=O)C1CC(=O)N(c2cccc(C(F)(F)F)c2)C1. The number of benzene rings is 1. The lowest BCUT2D eigenvalue weighted by Crippen LogP contribution is -2.29. The van der Waals surface area contributed by atoms with Crippen LogP contribution in [-0.2, 0) is 15.8 Å². The molecule has 1 atom stereocenters. The Labute approximate surface area is 159 Å². The van der Waals surface area contributed by atoms with Crippen LogP contribution in [0.25, 0.3) is 0 Å². The highest BCUT2D eigenvalue weighted by Gasteiger charge is 2.37. The summed E-state index contributed by atoms with van der Waals surface area (Å²) in [6, 6.07) is 5.79. The van der Waals surface area contributed by atoms with Gasteiger partial charge in [-0.25, -0.2) is 0 Å². The van der Waals surface area contributed by atoms with Crippen LogP contribution in [0, 0.1) is 5.92 Å². The molecule has 1 aliphatic rings. The lowest BCUT2D eigenvalue weighted by molar-refractivity contribution is -0.137. The second-order valence-corrected chi connectivity index (χ2v) is 6.92. The largest absolute Gasteiger partial charge is 0.416 e. The number of carbonyl (C=O) groups is 2. The maximum Gasteiger partial charge on any atom is 0.416 e. The number of alkyl halides is 3. The fourth-order valence-corrected chi connectivity index (χ4v) is 3.11. The average molecular weight is 444 g/mol. The average Bonchev–Trinajstić information content (AvgIpc) is 2.99. The fourth-order valence-electron chi connectivity index (χ4n) is 2.77. The number of hydrogen-bond acceptors (Lipinski definition) is 3. The van der Waals surface area contributed by atoms with E-state index in [-0.39, 0.29) is 24.3 Å². The zero-order valence-corrected chi connectivity index (χ0v) is 15.2. The van der Waals surface area contributed by atoms with Gasteiger partial charge in [0.1, 0.15) is 5.69 Å². The van der Waals surface area contributed by atoms with Crippen molar-refractivity contribution in [2.24, 2.45) is 5.92 Å². The van der Waals surface area contributed by atoms with E-state index in [1.807, 2.05) is 0 Å². The molecule has 1 aliphatic heterocycles. The number of carbonyl (C=O) groups excluding carboxylic acids is 2. The van der Waals surface area contributed by atoms with E-state index in [1.165, 1.54) is 24.4 Å². The van der Waals surface area contributed by atoms with E-state index in [2.05, 4.69) is 26.2 Å². The van der Waals surface area contributed by atoms with Crippen LogP contribution < -0.4 is 15.8 Å². The predicted octanol–water partition coefficient (Wildman–Crippen LogP) is 3.15. The molecular weight excluding hydrogens is 431 g/mol. The number of nitrogens with zero attached hydrogens (tertiary/aromatic N) is 1. The molecule has 0 spiro atoms. The van der Waals surface area contributed by atoms with Crippen molar-refractivity contribution in [2.45, 2.75) is 12.6 Å². The summed E-state index contributed by atoms with van der Waals surface area (Å²) in [5, 5.41) is 2.45. The van der Waals surface area contributed by atoms with Crippen molar-refractivity contribution < 1.29 is 22.8 Å². The lowest BCUT2D eigenvalue weighted by Gasteiger charge is -2.18. The topological polar surface area (TPSA) is 82.3 Å².